The molecule has 0 radical (unpaired) electrons. The highest BCUT2D eigenvalue weighted by Gasteiger charge is 2.60. The summed E-state index contributed by atoms with van der Waals surface area (Å²) in [5.41, 5.74) is 4.98. The first-order valence-electron chi connectivity index (χ1n) is 14.3. The number of rotatable bonds is 1. The number of methoxy groups -OCH3 is 1. The molecule has 3 nitrogen and oxygen atoms in total. The monoisotopic (exact) mass is 544 g/mol. The Hall–Kier alpha value is -2.33. The van der Waals surface area contributed by atoms with E-state index in [0.717, 1.165) is 40.0 Å². The zero-order valence-electron chi connectivity index (χ0n) is 25.6. The summed E-state index contributed by atoms with van der Waals surface area (Å²) in [6, 6.07) is 13.0. The molecule has 208 valence electrons. The lowest BCUT2D eigenvalue weighted by Crippen LogP contribution is -2.53. The van der Waals surface area contributed by atoms with Gasteiger partial charge in [0.05, 0.1) is 12.0 Å². The summed E-state index contributed by atoms with van der Waals surface area (Å²) in [6.07, 6.45) is 2.05. The van der Waals surface area contributed by atoms with Crippen molar-refractivity contribution in [2.75, 3.05) is 7.11 Å². The highest BCUT2D eigenvalue weighted by Crippen LogP contribution is 2.69. The minimum atomic E-state index is -0.426. The van der Waals surface area contributed by atoms with Crippen molar-refractivity contribution in [1.82, 2.24) is 0 Å². The van der Waals surface area contributed by atoms with E-state index in [1.165, 1.54) is 22.3 Å². The number of phenolic OH excluding ortho intramolecular Hbond substituents is 1. The van der Waals surface area contributed by atoms with Gasteiger partial charge in [0.15, 0.2) is 4.93 Å². The van der Waals surface area contributed by atoms with Gasteiger partial charge in [-0.25, -0.2) is 0 Å². The van der Waals surface area contributed by atoms with Gasteiger partial charge in [-0.2, -0.15) is 0 Å². The third-order valence-electron chi connectivity index (χ3n) is 10.5. The van der Waals surface area contributed by atoms with E-state index in [4.69, 9.17) is 9.47 Å². The van der Waals surface area contributed by atoms with Gasteiger partial charge in [-0.3, -0.25) is 0 Å². The zero-order chi connectivity index (χ0) is 28.6. The van der Waals surface area contributed by atoms with Crippen LogP contribution in [-0.2, 0) is 5.41 Å². The second-order valence-electron chi connectivity index (χ2n) is 15.6. The summed E-state index contributed by atoms with van der Waals surface area (Å²) in [7, 11) is 1.75. The Kier molecular flexibility index (Phi) is 5.30. The minimum absolute atomic E-state index is 0.0979. The van der Waals surface area contributed by atoms with Gasteiger partial charge in [-0.05, 0) is 81.6 Å². The minimum Gasteiger partial charge on any atom is -0.507 e. The molecule has 1 N–H and O–H groups in total. The Balaban J connectivity index is 1.65. The highest BCUT2D eigenvalue weighted by atomic mass is 32.2. The van der Waals surface area contributed by atoms with Gasteiger partial charge in [0, 0.05) is 21.6 Å². The molecule has 6 rings (SSSR count). The fraction of sp³-hybridized carbons (Fsp3) is 0.543. The van der Waals surface area contributed by atoms with Gasteiger partial charge in [-0.15, -0.1) is 0 Å². The van der Waals surface area contributed by atoms with E-state index in [1.54, 1.807) is 7.11 Å². The third-order valence-corrected chi connectivity index (χ3v) is 12.6. The van der Waals surface area contributed by atoms with E-state index in [0.29, 0.717) is 5.75 Å². The molecule has 0 bridgehead atoms. The highest BCUT2D eigenvalue weighted by molar-refractivity contribution is 8.01. The smallest absolute Gasteiger partial charge is 0.168 e. The summed E-state index contributed by atoms with van der Waals surface area (Å²) < 4.78 is 12.7. The normalized spacial score (nSPS) is 21.5. The topological polar surface area (TPSA) is 38.7 Å². The van der Waals surface area contributed by atoms with Crippen LogP contribution in [0.5, 0.6) is 17.2 Å². The van der Waals surface area contributed by atoms with Crippen LogP contribution in [-0.4, -0.2) is 17.1 Å². The van der Waals surface area contributed by atoms with Crippen LogP contribution in [0.4, 0.5) is 0 Å². The molecule has 3 aromatic rings. The quantitative estimate of drug-likeness (QED) is 0.331. The Labute approximate surface area is 238 Å². The number of phenols is 1. The maximum absolute atomic E-state index is 11.6. The number of hydrogen-bond acceptors (Lipinski definition) is 4. The summed E-state index contributed by atoms with van der Waals surface area (Å²) in [5, 5.41) is 13.6. The number of hydrogen-bond donors (Lipinski definition) is 1. The zero-order valence-corrected chi connectivity index (χ0v) is 26.4. The molecule has 0 unspecified atom stereocenters. The molecule has 0 atom stereocenters. The van der Waals surface area contributed by atoms with E-state index >= 15 is 0 Å². The molecule has 0 saturated heterocycles. The number of fused-ring (bicyclic) bond motifs is 8. The standard InChI is InChI=1S/C35H44O3S/c1-30(2,3)35(31(4,5)6)38-27-15-23-22(16-28(27)39-35)26(36)17-25-29(23)21-13-12-20(37-11)14-24(21)34(25)18-32(7,8)33(9,10)19-34/h12-17,36H,18-19H2,1-11H3. The van der Waals surface area contributed by atoms with Crippen LogP contribution >= 0.6 is 11.8 Å². The van der Waals surface area contributed by atoms with Crippen LogP contribution in [0.1, 0.15) is 93.2 Å². The van der Waals surface area contributed by atoms with Crippen LogP contribution in [0.2, 0.25) is 0 Å². The van der Waals surface area contributed by atoms with Gasteiger partial charge in [0.1, 0.15) is 17.2 Å². The Morgan fingerprint density at radius 3 is 2.00 bits per heavy atom. The van der Waals surface area contributed by atoms with E-state index in [1.807, 2.05) is 11.8 Å². The second-order valence-corrected chi connectivity index (χ2v) is 16.8. The number of benzene rings is 3. The van der Waals surface area contributed by atoms with Gasteiger partial charge in [-0.1, -0.05) is 87.1 Å². The molecule has 3 aliphatic rings. The molecule has 4 heteroatoms. The molecule has 39 heavy (non-hydrogen) atoms. The molecule has 3 aromatic carbocycles. The summed E-state index contributed by atoms with van der Waals surface area (Å²) in [5.74, 6) is 2.17. The van der Waals surface area contributed by atoms with Crippen molar-refractivity contribution in [3.8, 4) is 28.4 Å². The molecular weight excluding hydrogens is 500 g/mol. The Morgan fingerprint density at radius 1 is 0.821 bits per heavy atom. The van der Waals surface area contributed by atoms with Crippen molar-refractivity contribution < 1.29 is 14.6 Å². The van der Waals surface area contributed by atoms with Gasteiger partial charge >= 0.3 is 0 Å². The number of ether oxygens (including phenoxy) is 2. The molecule has 1 heterocycles. The van der Waals surface area contributed by atoms with Gasteiger partial charge in [0.2, 0.25) is 0 Å². The number of thioether (sulfide) groups is 1. The van der Waals surface area contributed by atoms with Crippen LogP contribution in [0, 0.1) is 21.7 Å². The van der Waals surface area contributed by atoms with Crippen LogP contribution in [0.25, 0.3) is 21.9 Å². The second kappa shape index (κ2) is 7.69. The summed E-state index contributed by atoms with van der Waals surface area (Å²) >= 11 is 1.81. The van der Waals surface area contributed by atoms with Gasteiger partial charge in [0.25, 0.3) is 0 Å². The molecule has 1 saturated carbocycles. The molecule has 1 spiro atoms. The largest absolute Gasteiger partial charge is 0.507 e. The first kappa shape index (κ1) is 26.9. The van der Waals surface area contributed by atoms with E-state index in [2.05, 4.69) is 106 Å². The maximum atomic E-state index is 11.6. The molecular formula is C35H44O3S. The molecule has 0 aromatic heterocycles. The average molecular weight is 545 g/mol. The Morgan fingerprint density at radius 2 is 1.44 bits per heavy atom. The predicted octanol–water partition coefficient (Wildman–Crippen LogP) is 9.94. The molecule has 1 aliphatic heterocycles. The summed E-state index contributed by atoms with van der Waals surface area (Å²) in [6.45, 7) is 23.2. The van der Waals surface area contributed by atoms with Crippen LogP contribution in [0.15, 0.2) is 41.3 Å². The van der Waals surface area contributed by atoms with Crippen LogP contribution < -0.4 is 9.47 Å². The molecule has 1 fully saturated rings. The number of aromatic hydroxyl groups is 1. The predicted molar refractivity (Wildman–Crippen MR) is 163 cm³/mol. The lowest BCUT2D eigenvalue weighted by atomic mass is 9.71. The fourth-order valence-electron chi connectivity index (χ4n) is 8.15. The van der Waals surface area contributed by atoms with Crippen molar-refractivity contribution in [2.24, 2.45) is 21.7 Å². The lowest BCUT2D eigenvalue weighted by Gasteiger charge is -2.48. The summed E-state index contributed by atoms with van der Waals surface area (Å²) in [4.78, 5) is 0.679. The molecule has 0 amide bonds. The van der Waals surface area contributed by atoms with E-state index < -0.39 is 4.93 Å². The van der Waals surface area contributed by atoms with E-state index in [9.17, 15) is 5.11 Å². The van der Waals surface area contributed by atoms with Crippen LogP contribution in [0.3, 0.4) is 0 Å². The first-order valence-corrected chi connectivity index (χ1v) is 15.1. The van der Waals surface area contributed by atoms with Crippen molar-refractivity contribution in [2.45, 2.75) is 97.3 Å². The maximum Gasteiger partial charge on any atom is 0.168 e. The van der Waals surface area contributed by atoms with Crippen molar-refractivity contribution >= 4 is 22.5 Å². The SMILES string of the molecule is COc1ccc2c(c1)C1(CC(C)(C)C(C)(C)C1)c1cc(O)c3cc4c(cc3c1-2)OC(C(C)(C)C)(C(C)(C)C)S4. The van der Waals surface area contributed by atoms with Crippen molar-refractivity contribution in [3.05, 3.63) is 47.5 Å². The van der Waals surface area contributed by atoms with Crippen molar-refractivity contribution in [3.63, 3.8) is 0 Å². The Bertz CT molecular complexity index is 1500. The average Bonchev–Trinajstić information content (AvgIpc) is 3.38. The van der Waals surface area contributed by atoms with E-state index in [-0.39, 0.29) is 27.1 Å². The fourth-order valence-corrected chi connectivity index (χ4v) is 9.58. The third kappa shape index (κ3) is 3.36. The lowest BCUT2D eigenvalue weighted by molar-refractivity contribution is -0.0296. The van der Waals surface area contributed by atoms with Crippen molar-refractivity contribution in [1.29, 1.82) is 0 Å². The molecule has 2 aliphatic carbocycles. The first-order chi connectivity index (χ1) is 17.9. The van der Waals surface area contributed by atoms with Gasteiger partial charge < -0.3 is 14.6 Å².